The van der Waals surface area contributed by atoms with E-state index in [9.17, 15) is 9.59 Å². The maximum absolute atomic E-state index is 12.4. The maximum atomic E-state index is 12.4. The SMILES string of the molecule is COc1ccc(OCCNC(=O)C2CC(=O)N(c3cc(C)cc(C)c3)C2)cc1. The van der Waals surface area contributed by atoms with Crippen LogP contribution >= 0.6 is 0 Å². The Labute approximate surface area is 165 Å². The van der Waals surface area contributed by atoms with E-state index < -0.39 is 0 Å². The van der Waals surface area contributed by atoms with Gasteiger partial charge in [0.15, 0.2) is 0 Å². The third kappa shape index (κ3) is 4.82. The molecule has 2 aromatic rings. The van der Waals surface area contributed by atoms with Crippen molar-refractivity contribution >= 4 is 17.5 Å². The van der Waals surface area contributed by atoms with Crippen molar-refractivity contribution in [1.82, 2.24) is 5.32 Å². The minimum atomic E-state index is -0.339. The van der Waals surface area contributed by atoms with E-state index in [1.807, 2.05) is 50.2 Å². The van der Waals surface area contributed by atoms with Crippen molar-refractivity contribution in [3.63, 3.8) is 0 Å². The van der Waals surface area contributed by atoms with Crippen LogP contribution in [-0.2, 0) is 9.59 Å². The molecule has 28 heavy (non-hydrogen) atoms. The van der Waals surface area contributed by atoms with Gasteiger partial charge in [-0.15, -0.1) is 0 Å². The molecule has 1 atom stereocenters. The molecule has 0 aliphatic carbocycles. The Balaban J connectivity index is 1.47. The van der Waals surface area contributed by atoms with Crippen LogP contribution in [0.4, 0.5) is 5.69 Å². The van der Waals surface area contributed by atoms with Crippen LogP contribution in [0, 0.1) is 19.8 Å². The number of nitrogens with one attached hydrogen (secondary N) is 1. The average Bonchev–Trinajstić information content (AvgIpc) is 3.06. The molecule has 1 unspecified atom stereocenters. The van der Waals surface area contributed by atoms with Crippen LogP contribution < -0.4 is 19.7 Å². The lowest BCUT2D eigenvalue weighted by Crippen LogP contribution is -2.35. The smallest absolute Gasteiger partial charge is 0.227 e. The molecule has 1 fully saturated rings. The minimum Gasteiger partial charge on any atom is -0.497 e. The van der Waals surface area contributed by atoms with Crippen molar-refractivity contribution in [2.75, 3.05) is 31.7 Å². The number of rotatable bonds is 7. The number of carbonyl (C=O) groups is 2. The molecule has 1 aliphatic heterocycles. The fraction of sp³-hybridized carbons (Fsp3) is 0.364. The normalized spacial score (nSPS) is 16.2. The molecule has 6 nitrogen and oxygen atoms in total. The predicted octanol–water partition coefficient (Wildman–Crippen LogP) is 2.86. The van der Waals surface area contributed by atoms with Gasteiger partial charge in [0.25, 0.3) is 0 Å². The predicted molar refractivity (Wildman–Crippen MR) is 108 cm³/mol. The largest absolute Gasteiger partial charge is 0.497 e. The summed E-state index contributed by atoms with van der Waals surface area (Å²) in [6, 6.07) is 13.3. The van der Waals surface area contributed by atoms with Gasteiger partial charge >= 0.3 is 0 Å². The van der Waals surface area contributed by atoms with Gasteiger partial charge in [0, 0.05) is 18.7 Å². The molecule has 0 radical (unpaired) electrons. The Hall–Kier alpha value is -3.02. The van der Waals surface area contributed by atoms with Crippen LogP contribution in [-0.4, -0.2) is 38.6 Å². The molecular formula is C22H26N2O4. The van der Waals surface area contributed by atoms with Crippen LogP contribution in [0.5, 0.6) is 11.5 Å². The first-order valence-electron chi connectivity index (χ1n) is 9.39. The zero-order valence-corrected chi connectivity index (χ0v) is 16.5. The van der Waals surface area contributed by atoms with Gasteiger partial charge in [0.2, 0.25) is 11.8 Å². The number of carbonyl (C=O) groups excluding carboxylic acids is 2. The third-order valence-corrected chi connectivity index (χ3v) is 4.74. The Bertz CT molecular complexity index is 828. The molecule has 1 saturated heterocycles. The van der Waals surface area contributed by atoms with Crippen LogP contribution in [0.15, 0.2) is 42.5 Å². The lowest BCUT2D eigenvalue weighted by molar-refractivity contribution is -0.126. The van der Waals surface area contributed by atoms with E-state index in [1.54, 1.807) is 12.0 Å². The Morgan fingerprint density at radius 1 is 1.11 bits per heavy atom. The number of methoxy groups -OCH3 is 1. The number of aryl methyl sites for hydroxylation is 2. The van der Waals surface area contributed by atoms with E-state index in [0.717, 1.165) is 22.6 Å². The number of nitrogens with zero attached hydrogens (tertiary/aromatic N) is 1. The van der Waals surface area contributed by atoms with Gasteiger partial charge in [0.05, 0.1) is 19.6 Å². The first kappa shape index (κ1) is 19.7. The molecule has 0 spiro atoms. The van der Waals surface area contributed by atoms with Crippen molar-refractivity contribution in [3.05, 3.63) is 53.6 Å². The van der Waals surface area contributed by atoms with Crippen LogP contribution in [0.1, 0.15) is 17.5 Å². The summed E-state index contributed by atoms with van der Waals surface area (Å²) in [5.74, 6) is 1.01. The summed E-state index contributed by atoms with van der Waals surface area (Å²) in [5, 5.41) is 2.87. The van der Waals surface area contributed by atoms with Gasteiger partial charge in [-0.05, 0) is 61.4 Å². The lowest BCUT2D eigenvalue weighted by atomic mass is 10.1. The van der Waals surface area contributed by atoms with E-state index in [0.29, 0.717) is 25.4 Å². The van der Waals surface area contributed by atoms with Gasteiger partial charge in [-0.25, -0.2) is 0 Å². The summed E-state index contributed by atoms with van der Waals surface area (Å²) in [7, 11) is 1.61. The van der Waals surface area contributed by atoms with Gasteiger partial charge in [-0.1, -0.05) is 6.07 Å². The highest BCUT2D eigenvalue weighted by molar-refractivity contribution is 6.00. The van der Waals surface area contributed by atoms with Crippen molar-refractivity contribution in [2.24, 2.45) is 5.92 Å². The summed E-state index contributed by atoms with van der Waals surface area (Å²) in [5.41, 5.74) is 3.07. The maximum Gasteiger partial charge on any atom is 0.227 e. The second-order valence-corrected chi connectivity index (χ2v) is 7.07. The van der Waals surface area contributed by atoms with E-state index in [-0.39, 0.29) is 24.2 Å². The van der Waals surface area contributed by atoms with Gasteiger partial charge < -0.3 is 19.7 Å². The van der Waals surface area contributed by atoms with E-state index in [4.69, 9.17) is 9.47 Å². The summed E-state index contributed by atoms with van der Waals surface area (Å²) in [4.78, 5) is 26.5. The number of benzene rings is 2. The van der Waals surface area contributed by atoms with Crippen molar-refractivity contribution in [3.8, 4) is 11.5 Å². The summed E-state index contributed by atoms with van der Waals surface area (Å²) < 4.78 is 10.7. The Kier molecular flexibility index (Phi) is 6.19. The van der Waals surface area contributed by atoms with E-state index >= 15 is 0 Å². The van der Waals surface area contributed by atoms with Crippen LogP contribution in [0.2, 0.25) is 0 Å². The van der Waals surface area contributed by atoms with Gasteiger partial charge in [0.1, 0.15) is 18.1 Å². The minimum absolute atomic E-state index is 0.0142. The second kappa shape index (κ2) is 8.78. The summed E-state index contributed by atoms with van der Waals surface area (Å²) in [6.45, 7) is 5.17. The van der Waals surface area contributed by atoms with Crippen molar-refractivity contribution in [2.45, 2.75) is 20.3 Å². The fourth-order valence-corrected chi connectivity index (χ4v) is 3.40. The van der Waals surface area contributed by atoms with Gasteiger partial charge in [-0.2, -0.15) is 0 Å². The standard InChI is InChI=1S/C22H26N2O4/c1-15-10-16(2)12-18(11-15)24-14-17(13-21(24)25)22(26)23-8-9-28-20-6-4-19(27-3)5-7-20/h4-7,10-12,17H,8-9,13-14H2,1-3H3,(H,23,26). The molecule has 1 aliphatic rings. The monoisotopic (exact) mass is 382 g/mol. The molecule has 2 aromatic carbocycles. The first-order valence-corrected chi connectivity index (χ1v) is 9.39. The molecule has 0 aromatic heterocycles. The lowest BCUT2D eigenvalue weighted by Gasteiger charge is -2.18. The van der Waals surface area contributed by atoms with E-state index in [1.165, 1.54) is 0 Å². The van der Waals surface area contributed by atoms with Crippen LogP contribution in [0.25, 0.3) is 0 Å². The number of hydrogen-bond donors (Lipinski definition) is 1. The second-order valence-electron chi connectivity index (χ2n) is 7.07. The quantitative estimate of drug-likeness (QED) is 0.748. The molecule has 0 bridgehead atoms. The molecule has 1 heterocycles. The average molecular weight is 382 g/mol. The highest BCUT2D eigenvalue weighted by atomic mass is 16.5. The van der Waals surface area contributed by atoms with Crippen molar-refractivity contribution in [1.29, 1.82) is 0 Å². The first-order chi connectivity index (χ1) is 13.5. The topological polar surface area (TPSA) is 67.9 Å². The highest BCUT2D eigenvalue weighted by Gasteiger charge is 2.35. The molecule has 1 N–H and O–H groups in total. The summed E-state index contributed by atoms with van der Waals surface area (Å²) in [6.07, 6.45) is 0.234. The van der Waals surface area contributed by atoms with Crippen molar-refractivity contribution < 1.29 is 19.1 Å². The number of hydrogen-bond acceptors (Lipinski definition) is 4. The molecule has 3 rings (SSSR count). The Morgan fingerprint density at radius 3 is 2.39 bits per heavy atom. The molecular weight excluding hydrogens is 356 g/mol. The molecule has 148 valence electrons. The molecule has 6 heteroatoms. The fourth-order valence-electron chi connectivity index (χ4n) is 3.40. The van der Waals surface area contributed by atoms with E-state index in [2.05, 4.69) is 11.4 Å². The number of amides is 2. The zero-order valence-electron chi connectivity index (χ0n) is 16.5. The van der Waals surface area contributed by atoms with Gasteiger partial charge in [-0.3, -0.25) is 9.59 Å². The zero-order chi connectivity index (χ0) is 20.1. The molecule has 2 amide bonds. The number of anilines is 1. The number of ether oxygens (including phenoxy) is 2. The molecule has 0 saturated carbocycles. The highest BCUT2D eigenvalue weighted by Crippen LogP contribution is 2.27. The Morgan fingerprint density at radius 2 is 1.75 bits per heavy atom. The third-order valence-electron chi connectivity index (χ3n) is 4.74. The summed E-state index contributed by atoms with van der Waals surface area (Å²) >= 11 is 0. The van der Waals surface area contributed by atoms with Crippen LogP contribution in [0.3, 0.4) is 0 Å².